The highest BCUT2D eigenvalue weighted by Crippen LogP contribution is 2.33. The van der Waals surface area contributed by atoms with E-state index in [1.165, 1.54) is 7.11 Å². The van der Waals surface area contributed by atoms with Gasteiger partial charge in [-0.1, -0.05) is 83.1 Å². The molecule has 0 radical (unpaired) electrons. The molecule has 0 saturated heterocycles. The van der Waals surface area contributed by atoms with Crippen molar-refractivity contribution >= 4 is 5.97 Å². The van der Waals surface area contributed by atoms with Gasteiger partial charge in [0.25, 0.3) is 0 Å². The molecule has 9 atom stereocenters. The van der Waals surface area contributed by atoms with Crippen LogP contribution in [0.25, 0.3) is 0 Å². The molecule has 0 aromatic carbocycles. The molecular weight excluding hydrogens is 544 g/mol. The Labute approximate surface area is 260 Å². The fraction of sp³-hybridized carbons (Fsp3) is 0.639. The molecule has 7 nitrogen and oxygen atoms in total. The second kappa shape index (κ2) is 17.0. The molecular formula is C36H56O7. The number of ether oxygens (including phenoxy) is 5. The van der Waals surface area contributed by atoms with Gasteiger partial charge in [-0.25, -0.2) is 4.79 Å². The Morgan fingerprint density at radius 3 is 2.23 bits per heavy atom. The number of carbonyl (C=O) groups is 1. The largest absolute Gasteiger partial charge is 0.490 e. The summed E-state index contributed by atoms with van der Waals surface area (Å²) in [6.45, 7) is 18.5. The maximum atomic E-state index is 13.5. The fourth-order valence-electron chi connectivity index (χ4n) is 6.09. The van der Waals surface area contributed by atoms with Crippen LogP contribution in [-0.4, -0.2) is 62.9 Å². The van der Waals surface area contributed by atoms with Gasteiger partial charge in [-0.15, -0.1) is 0 Å². The third-order valence-corrected chi connectivity index (χ3v) is 8.56. The Morgan fingerprint density at radius 2 is 1.65 bits per heavy atom. The van der Waals surface area contributed by atoms with Crippen molar-refractivity contribution in [3.05, 3.63) is 70.8 Å². The molecule has 0 aromatic heterocycles. The van der Waals surface area contributed by atoms with Crippen LogP contribution < -0.4 is 0 Å². The minimum absolute atomic E-state index is 0.0194. The number of rotatable bonds is 7. The minimum atomic E-state index is -0.657. The molecule has 0 aliphatic carbocycles. The van der Waals surface area contributed by atoms with Gasteiger partial charge in [-0.3, -0.25) is 0 Å². The van der Waals surface area contributed by atoms with Crippen LogP contribution in [0.15, 0.2) is 70.8 Å². The van der Waals surface area contributed by atoms with Gasteiger partial charge in [-0.05, 0) is 56.8 Å². The monoisotopic (exact) mass is 600 g/mol. The smallest absolute Gasteiger partial charge is 0.373 e. The molecule has 242 valence electrons. The van der Waals surface area contributed by atoms with E-state index in [-0.39, 0.29) is 41.6 Å². The van der Waals surface area contributed by atoms with Crippen LogP contribution in [0.2, 0.25) is 0 Å². The lowest BCUT2D eigenvalue weighted by molar-refractivity contribution is -0.155. The van der Waals surface area contributed by atoms with Crippen molar-refractivity contribution < 1.29 is 33.6 Å². The maximum absolute atomic E-state index is 13.5. The van der Waals surface area contributed by atoms with Crippen LogP contribution in [0.3, 0.4) is 0 Å². The molecule has 2 heterocycles. The second-order valence-corrected chi connectivity index (χ2v) is 12.7. The van der Waals surface area contributed by atoms with E-state index in [1.54, 1.807) is 20.3 Å². The Kier molecular flexibility index (Phi) is 14.5. The van der Waals surface area contributed by atoms with Crippen LogP contribution in [0, 0.1) is 29.6 Å². The van der Waals surface area contributed by atoms with Crippen molar-refractivity contribution in [3.8, 4) is 0 Å². The topological polar surface area (TPSA) is 83.5 Å². The Balaban J connectivity index is 2.54. The van der Waals surface area contributed by atoms with Gasteiger partial charge in [-0.2, -0.15) is 0 Å². The van der Waals surface area contributed by atoms with Gasteiger partial charge in [0, 0.05) is 32.0 Å². The number of esters is 1. The standard InChI is InChI=1S/C36H56O7/c1-21(2)34-28(9)31(40-11)20-30(42-34)24(5)19-27(8)35-29(39-10)15-13-14-22(3)16-25(6)33(37)26(7)17-23(4)18-32(41-12)36(38)43-35/h13-15,17-21,25-29,31,33-35,37H,16H2,1-12H3/b15-13+,22-14-,23-17+,24-19+,32-18-. The zero-order valence-electron chi connectivity index (χ0n) is 28.4. The maximum Gasteiger partial charge on any atom is 0.373 e. The molecule has 9 unspecified atom stereocenters. The highest BCUT2D eigenvalue weighted by atomic mass is 16.6. The molecule has 0 fully saturated rings. The highest BCUT2D eigenvalue weighted by molar-refractivity contribution is 5.87. The molecule has 43 heavy (non-hydrogen) atoms. The minimum Gasteiger partial charge on any atom is -0.490 e. The van der Waals surface area contributed by atoms with E-state index in [0.29, 0.717) is 5.92 Å². The fourth-order valence-corrected chi connectivity index (χ4v) is 6.09. The number of allylic oxidation sites excluding steroid dienone is 6. The molecule has 2 aliphatic heterocycles. The molecule has 0 spiro atoms. The van der Waals surface area contributed by atoms with E-state index in [1.807, 2.05) is 58.1 Å². The molecule has 2 rings (SSSR count). The zero-order chi connectivity index (χ0) is 32.4. The van der Waals surface area contributed by atoms with Crippen LogP contribution in [0.5, 0.6) is 0 Å². The summed E-state index contributed by atoms with van der Waals surface area (Å²) in [7, 11) is 4.79. The third kappa shape index (κ3) is 10.2. The first kappa shape index (κ1) is 36.6. The number of aliphatic hydroxyl groups excluding tert-OH is 1. The summed E-state index contributed by atoms with van der Waals surface area (Å²) < 4.78 is 29.7. The summed E-state index contributed by atoms with van der Waals surface area (Å²) in [6, 6.07) is 0. The Hall–Kier alpha value is -2.61. The van der Waals surface area contributed by atoms with Crippen molar-refractivity contribution in [1.82, 2.24) is 0 Å². The van der Waals surface area contributed by atoms with Gasteiger partial charge >= 0.3 is 5.97 Å². The predicted molar refractivity (Wildman–Crippen MR) is 172 cm³/mol. The second-order valence-electron chi connectivity index (χ2n) is 12.7. The number of hydrogen-bond donors (Lipinski definition) is 1. The third-order valence-electron chi connectivity index (χ3n) is 8.56. The molecule has 1 N–H and O–H groups in total. The summed E-state index contributed by atoms with van der Waals surface area (Å²) in [4.78, 5) is 13.5. The SMILES string of the molecule is CO/C1=C\C(C)=C\C(C)C(O)C(C)C/C(C)=C\C=C\C(OC)C(C(C)/C=C(\C)C2=CC(OC)C(C)C(C(C)C)O2)OC1=O. The average Bonchev–Trinajstić information content (AvgIpc) is 2.95. The quantitative estimate of drug-likeness (QED) is 0.312. The van der Waals surface area contributed by atoms with Crippen LogP contribution in [0.4, 0.5) is 0 Å². The summed E-state index contributed by atoms with van der Waals surface area (Å²) in [5.41, 5.74) is 2.88. The number of methoxy groups -OCH3 is 3. The molecule has 0 amide bonds. The van der Waals surface area contributed by atoms with Crippen molar-refractivity contribution in [3.63, 3.8) is 0 Å². The lowest BCUT2D eigenvalue weighted by atomic mass is 9.86. The van der Waals surface area contributed by atoms with E-state index < -0.39 is 24.3 Å². The molecule has 0 saturated carbocycles. The van der Waals surface area contributed by atoms with Crippen LogP contribution in [-0.2, 0) is 28.5 Å². The summed E-state index contributed by atoms with van der Waals surface area (Å²) in [6.07, 6.45) is 12.6. The summed E-state index contributed by atoms with van der Waals surface area (Å²) >= 11 is 0. The van der Waals surface area contributed by atoms with Crippen molar-refractivity contribution in [2.24, 2.45) is 29.6 Å². The number of hydrogen-bond acceptors (Lipinski definition) is 7. The molecule has 0 aromatic rings. The zero-order valence-corrected chi connectivity index (χ0v) is 28.4. The normalized spacial score (nSPS) is 37.0. The first-order chi connectivity index (χ1) is 20.2. The van der Waals surface area contributed by atoms with Crippen molar-refractivity contribution in [1.29, 1.82) is 0 Å². The first-order valence-electron chi connectivity index (χ1n) is 15.5. The summed E-state index contributed by atoms with van der Waals surface area (Å²) in [5.74, 6) is 0.520. The van der Waals surface area contributed by atoms with E-state index in [2.05, 4.69) is 40.7 Å². The van der Waals surface area contributed by atoms with Crippen LogP contribution >= 0.6 is 0 Å². The highest BCUT2D eigenvalue weighted by Gasteiger charge is 2.35. The number of aliphatic hydroxyl groups is 1. The van der Waals surface area contributed by atoms with E-state index in [0.717, 1.165) is 28.9 Å². The van der Waals surface area contributed by atoms with Crippen LogP contribution in [0.1, 0.15) is 68.7 Å². The van der Waals surface area contributed by atoms with Crippen molar-refractivity contribution in [2.45, 2.75) is 99.3 Å². The van der Waals surface area contributed by atoms with E-state index >= 15 is 0 Å². The summed E-state index contributed by atoms with van der Waals surface area (Å²) in [5, 5.41) is 10.9. The van der Waals surface area contributed by atoms with E-state index in [9.17, 15) is 9.90 Å². The van der Waals surface area contributed by atoms with Crippen molar-refractivity contribution in [2.75, 3.05) is 21.3 Å². The lowest BCUT2D eigenvalue weighted by Gasteiger charge is -2.37. The van der Waals surface area contributed by atoms with Gasteiger partial charge < -0.3 is 28.8 Å². The predicted octanol–water partition coefficient (Wildman–Crippen LogP) is 7.10. The lowest BCUT2D eigenvalue weighted by Crippen LogP contribution is -2.39. The molecule has 7 heteroatoms. The van der Waals surface area contributed by atoms with E-state index in [4.69, 9.17) is 23.7 Å². The number of carbonyl (C=O) groups excluding carboxylic acids is 1. The number of cyclic esters (lactones) is 1. The Bertz CT molecular complexity index is 1110. The van der Waals surface area contributed by atoms with Gasteiger partial charge in [0.15, 0.2) is 0 Å². The molecule has 2 aliphatic rings. The van der Waals surface area contributed by atoms with Gasteiger partial charge in [0.1, 0.15) is 24.1 Å². The van der Waals surface area contributed by atoms with Gasteiger partial charge in [0.2, 0.25) is 5.76 Å². The first-order valence-corrected chi connectivity index (χ1v) is 15.5. The Morgan fingerprint density at radius 1 is 1.00 bits per heavy atom. The van der Waals surface area contributed by atoms with Gasteiger partial charge in [0.05, 0.1) is 19.3 Å². The molecule has 0 bridgehead atoms. The average molecular weight is 601 g/mol.